The van der Waals surface area contributed by atoms with Gasteiger partial charge in [0.2, 0.25) is 5.82 Å². The molecule has 1 aliphatic rings. The molecule has 0 unspecified atom stereocenters. The van der Waals surface area contributed by atoms with Crippen LogP contribution in [0, 0.1) is 29.1 Å². The number of halogens is 5. The summed E-state index contributed by atoms with van der Waals surface area (Å²) in [7, 11) is 0. The molecular formula is C10H8F5NO. The third-order valence-corrected chi connectivity index (χ3v) is 2.57. The van der Waals surface area contributed by atoms with Crippen molar-refractivity contribution in [3.63, 3.8) is 0 Å². The Hall–Kier alpha value is -1.37. The number of anilines is 1. The van der Waals surface area contributed by atoms with Crippen LogP contribution in [0.5, 0.6) is 0 Å². The average Bonchev–Trinajstić information content (AvgIpc) is 2.21. The minimum Gasteiger partial charge on any atom is -0.386 e. The van der Waals surface area contributed by atoms with Crippen molar-refractivity contribution in [3.8, 4) is 0 Å². The van der Waals surface area contributed by atoms with Crippen LogP contribution < -0.4 is 4.90 Å². The number of rotatable bonds is 1. The first-order valence-corrected chi connectivity index (χ1v) is 4.73. The molecule has 0 saturated carbocycles. The van der Waals surface area contributed by atoms with Gasteiger partial charge in [-0.3, -0.25) is 0 Å². The smallest absolute Gasteiger partial charge is 0.200 e. The van der Waals surface area contributed by atoms with Crippen molar-refractivity contribution < 1.29 is 27.1 Å². The molecule has 1 N–H and O–H groups in total. The highest BCUT2D eigenvalue weighted by Gasteiger charge is 2.41. The predicted molar refractivity (Wildman–Crippen MR) is 49.1 cm³/mol. The van der Waals surface area contributed by atoms with E-state index in [1.165, 1.54) is 6.92 Å². The third-order valence-electron chi connectivity index (χ3n) is 2.57. The van der Waals surface area contributed by atoms with E-state index in [0.29, 0.717) is 0 Å². The van der Waals surface area contributed by atoms with Crippen LogP contribution in [-0.2, 0) is 0 Å². The summed E-state index contributed by atoms with van der Waals surface area (Å²) in [6, 6.07) is 0. The average molecular weight is 253 g/mol. The molecule has 1 aliphatic heterocycles. The molecule has 0 spiro atoms. The lowest BCUT2D eigenvalue weighted by Gasteiger charge is -2.45. The maximum atomic E-state index is 13.3. The molecule has 0 atom stereocenters. The van der Waals surface area contributed by atoms with Crippen molar-refractivity contribution in [2.45, 2.75) is 12.5 Å². The lowest BCUT2D eigenvalue weighted by Crippen LogP contribution is -2.60. The number of hydrogen-bond donors (Lipinski definition) is 1. The van der Waals surface area contributed by atoms with Crippen molar-refractivity contribution >= 4 is 5.69 Å². The van der Waals surface area contributed by atoms with Gasteiger partial charge in [-0.2, -0.15) is 0 Å². The summed E-state index contributed by atoms with van der Waals surface area (Å²) in [5.41, 5.74) is -2.17. The van der Waals surface area contributed by atoms with Crippen molar-refractivity contribution in [2.24, 2.45) is 0 Å². The molecule has 1 aromatic carbocycles. The molecule has 7 heteroatoms. The SMILES string of the molecule is CC1(O)CN(c2c(F)c(F)c(F)c(F)c2F)C1. The molecule has 0 bridgehead atoms. The van der Waals surface area contributed by atoms with E-state index in [1.54, 1.807) is 0 Å². The van der Waals surface area contributed by atoms with Gasteiger partial charge in [0.25, 0.3) is 0 Å². The van der Waals surface area contributed by atoms with Gasteiger partial charge in [0.05, 0.1) is 5.60 Å². The molecule has 1 fully saturated rings. The number of hydrogen-bond acceptors (Lipinski definition) is 2. The second-order valence-corrected chi connectivity index (χ2v) is 4.27. The molecule has 1 heterocycles. The highest BCUT2D eigenvalue weighted by atomic mass is 19.2. The number of β-amino-alcohol motifs (C(OH)–C–C–N with tert-alkyl or cyclic N) is 1. The first-order chi connectivity index (χ1) is 7.74. The molecule has 0 aliphatic carbocycles. The van der Waals surface area contributed by atoms with Crippen LogP contribution in [0.3, 0.4) is 0 Å². The molecule has 1 saturated heterocycles. The molecule has 94 valence electrons. The van der Waals surface area contributed by atoms with Crippen LogP contribution in [0.4, 0.5) is 27.6 Å². The van der Waals surface area contributed by atoms with Gasteiger partial charge in [-0.25, -0.2) is 22.0 Å². The monoisotopic (exact) mass is 253 g/mol. The van der Waals surface area contributed by atoms with Crippen LogP contribution in [0.15, 0.2) is 0 Å². The van der Waals surface area contributed by atoms with Gasteiger partial charge in [0, 0.05) is 13.1 Å². The van der Waals surface area contributed by atoms with Crippen LogP contribution in [0.1, 0.15) is 6.92 Å². The highest BCUT2D eigenvalue weighted by molar-refractivity contribution is 5.53. The molecule has 0 radical (unpaired) electrons. The van der Waals surface area contributed by atoms with Crippen LogP contribution in [0.25, 0.3) is 0 Å². The highest BCUT2D eigenvalue weighted by Crippen LogP contribution is 2.35. The van der Waals surface area contributed by atoms with E-state index in [4.69, 9.17) is 0 Å². The summed E-state index contributed by atoms with van der Waals surface area (Å²) in [6.07, 6.45) is 0. The van der Waals surface area contributed by atoms with Gasteiger partial charge in [-0.15, -0.1) is 0 Å². The molecule has 0 aromatic heterocycles. The van der Waals surface area contributed by atoms with E-state index >= 15 is 0 Å². The summed E-state index contributed by atoms with van der Waals surface area (Å²) in [6.45, 7) is 1.02. The van der Waals surface area contributed by atoms with Gasteiger partial charge < -0.3 is 10.0 Å². The Kier molecular flexibility index (Phi) is 2.53. The summed E-state index contributed by atoms with van der Waals surface area (Å²) in [5, 5.41) is 9.37. The lowest BCUT2D eigenvalue weighted by molar-refractivity contribution is 0.0300. The Morgan fingerprint density at radius 1 is 0.882 bits per heavy atom. The molecule has 1 aromatic rings. The molecule has 2 nitrogen and oxygen atoms in total. The summed E-state index contributed by atoms with van der Waals surface area (Å²) < 4.78 is 65.0. The van der Waals surface area contributed by atoms with E-state index < -0.39 is 40.4 Å². The van der Waals surface area contributed by atoms with Crippen molar-refractivity contribution in [1.82, 2.24) is 0 Å². The van der Waals surface area contributed by atoms with Gasteiger partial charge in [-0.1, -0.05) is 0 Å². The van der Waals surface area contributed by atoms with E-state index in [0.717, 1.165) is 4.90 Å². The number of benzene rings is 1. The van der Waals surface area contributed by atoms with E-state index in [1.807, 2.05) is 0 Å². The zero-order valence-electron chi connectivity index (χ0n) is 8.70. The van der Waals surface area contributed by atoms with E-state index in [9.17, 15) is 27.1 Å². The fourth-order valence-corrected chi connectivity index (χ4v) is 1.81. The van der Waals surface area contributed by atoms with Gasteiger partial charge in [-0.05, 0) is 6.92 Å². The maximum absolute atomic E-state index is 13.3. The topological polar surface area (TPSA) is 23.5 Å². The molecule has 2 rings (SSSR count). The fourth-order valence-electron chi connectivity index (χ4n) is 1.81. The Balaban J connectivity index is 2.49. The Labute approximate surface area is 93.3 Å². The minimum absolute atomic E-state index is 0.189. The molecule has 17 heavy (non-hydrogen) atoms. The number of aliphatic hydroxyl groups is 1. The maximum Gasteiger partial charge on any atom is 0.200 e. The second kappa shape index (κ2) is 3.56. The largest absolute Gasteiger partial charge is 0.386 e. The second-order valence-electron chi connectivity index (χ2n) is 4.27. The zero-order valence-corrected chi connectivity index (χ0v) is 8.70. The van der Waals surface area contributed by atoms with Crippen molar-refractivity contribution in [1.29, 1.82) is 0 Å². The lowest BCUT2D eigenvalue weighted by atomic mass is 9.96. The van der Waals surface area contributed by atoms with Crippen molar-refractivity contribution in [3.05, 3.63) is 29.1 Å². The van der Waals surface area contributed by atoms with Gasteiger partial charge in [0.1, 0.15) is 5.69 Å². The number of nitrogens with zero attached hydrogens (tertiary/aromatic N) is 1. The standard InChI is InChI=1S/C10H8F5NO/c1-10(17)2-16(3-10)9-7(14)5(12)4(11)6(13)8(9)15/h17H,2-3H2,1H3. The zero-order chi connectivity index (χ0) is 13.0. The summed E-state index contributed by atoms with van der Waals surface area (Å²) in [5.74, 6) is -9.90. The van der Waals surface area contributed by atoms with Crippen LogP contribution in [-0.4, -0.2) is 23.8 Å². The predicted octanol–water partition coefficient (Wildman–Crippen LogP) is 1.95. The normalized spacial score (nSPS) is 18.2. The fraction of sp³-hybridized carbons (Fsp3) is 0.400. The van der Waals surface area contributed by atoms with E-state index in [-0.39, 0.29) is 13.1 Å². The first-order valence-electron chi connectivity index (χ1n) is 4.73. The Bertz CT molecular complexity index is 451. The Morgan fingerprint density at radius 3 is 1.59 bits per heavy atom. The van der Waals surface area contributed by atoms with Crippen molar-refractivity contribution in [2.75, 3.05) is 18.0 Å². The summed E-state index contributed by atoms with van der Waals surface area (Å²) in [4.78, 5) is 0.899. The van der Waals surface area contributed by atoms with Gasteiger partial charge >= 0.3 is 0 Å². The first kappa shape index (κ1) is 12.1. The molecule has 0 amide bonds. The Morgan fingerprint density at radius 2 is 1.24 bits per heavy atom. The summed E-state index contributed by atoms with van der Waals surface area (Å²) >= 11 is 0. The van der Waals surface area contributed by atoms with Crippen LogP contribution in [0.2, 0.25) is 0 Å². The minimum atomic E-state index is -2.18. The quantitative estimate of drug-likeness (QED) is 0.470. The third kappa shape index (κ3) is 1.74. The van der Waals surface area contributed by atoms with E-state index in [2.05, 4.69) is 0 Å². The van der Waals surface area contributed by atoms with Crippen LogP contribution >= 0.6 is 0 Å². The van der Waals surface area contributed by atoms with Gasteiger partial charge in [0.15, 0.2) is 23.3 Å². The molecular weight excluding hydrogens is 245 g/mol.